The van der Waals surface area contributed by atoms with E-state index in [1.54, 1.807) is 0 Å². The Labute approximate surface area is 137 Å². The van der Waals surface area contributed by atoms with Gasteiger partial charge < -0.3 is 9.47 Å². The molecule has 0 amide bonds. The van der Waals surface area contributed by atoms with Crippen LogP contribution >= 0.6 is 0 Å². The van der Waals surface area contributed by atoms with Crippen LogP contribution in [0.5, 0.6) is 0 Å². The number of hydrogen-bond donors (Lipinski definition) is 0. The minimum atomic E-state index is -1.03. The molecule has 0 radical (unpaired) electrons. The Morgan fingerprint density at radius 3 is 1.91 bits per heavy atom. The quantitative estimate of drug-likeness (QED) is 0.452. The number of ketones is 1. The molecule has 4 rings (SSSR count). The highest BCUT2D eigenvalue weighted by Gasteiger charge is 2.65. The molecule has 4 saturated carbocycles. The Balaban J connectivity index is 2.03. The predicted octanol–water partition coefficient (Wildman–Crippen LogP) is 2.51. The molecule has 0 N–H and O–H groups in total. The van der Waals surface area contributed by atoms with Crippen LogP contribution in [-0.4, -0.2) is 31.9 Å². The van der Waals surface area contributed by atoms with Crippen LogP contribution in [0.4, 0.5) is 0 Å². The van der Waals surface area contributed by atoms with Gasteiger partial charge in [-0.2, -0.15) is 0 Å². The molecular weight excluding hydrogens is 296 g/mol. The minimum Gasteiger partial charge on any atom is -0.468 e. The number of carbonyl (C=O) groups is 3. The molecule has 4 aliphatic carbocycles. The van der Waals surface area contributed by atoms with Gasteiger partial charge in [0.2, 0.25) is 0 Å². The van der Waals surface area contributed by atoms with Crippen LogP contribution in [0.25, 0.3) is 0 Å². The van der Waals surface area contributed by atoms with Crippen molar-refractivity contribution < 1.29 is 23.9 Å². The van der Waals surface area contributed by atoms with Crippen molar-refractivity contribution in [3.8, 4) is 0 Å². The molecule has 4 aliphatic rings. The van der Waals surface area contributed by atoms with Gasteiger partial charge in [0.1, 0.15) is 5.92 Å². The lowest BCUT2D eigenvalue weighted by Crippen LogP contribution is -2.60. The minimum absolute atomic E-state index is 0.150. The van der Waals surface area contributed by atoms with Crippen LogP contribution in [0.1, 0.15) is 52.4 Å². The van der Waals surface area contributed by atoms with Crippen molar-refractivity contribution in [2.45, 2.75) is 52.4 Å². The van der Waals surface area contributed by atoms with E-state index in [1.165, 1.54) is 14.2 Å². The highest BCUT2D eigenvalue weighted by atomic mass is 16.5. The Kier molecular flexibility index (Phi) is 3.62. The smallest absolute Gasteiger partial charge is 0.375 e. The third kappa shape index (κ3) is 2.48. The topological polar surface area (TPSA) is 69.7 Å². The van der Waals surface area contributed by atoms with Gasteiger partial charge in [0.05, 0.1) is 14.2 Å². The molecule has 0 heterocycles. The van der Waals surface area contributed by atoms with Gasteiger partial charge in [0.25, 0.3) is 5.78 Å². The average Bonchev–Trinajstić information content (AvgIpc) is 2.41. The average molecular weight is 322 g/mol. The lowest BCUT2D eigenvalue weighted by molar-refractivity contribution is -0.190. The molecule has 4 bridgehead atoms. The summed E-state index contributed by atoms with van der Waals surface area (Å²) in [5.74, 6) is -2.77. The Bertz CT molecular complexity index is 548. The second-order valence-electron chi connectivity index (χ2n) is 8.80. The summed E-state index contributed by atoms with van der Waals surface area (Å²) in [6.07, 6.45) is 5.91. The Morgan fingerprint density at radius 1 is 0.913 bits per heavy atom. The van der Waals surface area contributed by atoms with Gasteiger partial charge >= 0.3 is 11.9 Å². The highest BCUT2D eigenvalue weighted by molar-refractivity contribution is 6.38. The normalized spacial score (nSPS) is 42.2. The van der Waals surface area contributed by atoms with Crippen LogP contribution in [0.3, 0.4) is 0 Å². The second-order valence-corrected chi connectivity index (χ2v) is 8.80. The molecule has 128 valence electrons. The maximum absolute atomic E-state index is 12.6. The number of methoxy groups -OCH3 is 2. The van der Waals surface area contributed by atoms with Crippen molar-refractivity contribution in [1.29, 1.82) is 0 Å². The van der Waals surface area contributed by atoms with Crippen molar-refractivity contribution in [2.75, 3.05) is 14.2 Å². The standard InChI is InChI=1S/C18H26O5/c1-16-5-11-6-17(2,8-16)10-18(7-11,9-16)12(14(20)22-3)13(19)15(21)23-4/h11-12H,5-10H2,1-4H3/t11?,12?,16-,17+,18?. The molecule has 23 heavy (non-hydrogen) atoms. The van der Waals surface area contributed by atoms with Gasteiger partial charge in [-0.25, -0.2) is 4.79 Å². The monoisotopic (exact) mass is 322 g/mol. The van der Waals surface area contributed by atoms with E-state index in [4.69, 9.17) is 4.74 Å². The van der Waals surface area contributed by atoms with Crippen LogP contribution in [0, 0.1) is 28.1 Å². The number of esters is 2. The summed E-state index contributed by atoms with van der Waals surface area (Å²) in [6, 6.07) is 0. The summed E-state index contributed by atoms with van der Waals surface area (Å²) in [5, 5.41) is 0. The number of Topliss-reactive ketones (excluding diaryl/α,β-unsaturated/α-hetero) is 1. The van der Waals surface area contributed by atoms with E-state index in [9.17, 15) is 14.4 Å². The van der Waals surface area contributed by atoms with E-state index in [1.807, 2.05) is 0 Å². The summed E-state index contributed by atoms with van der Waals surface area (Å²) < 4.78 is 9.52. The van der Waals surface area contributed by atoms with Crippen LogP contribution in [0.2, 0.25) is 0 Å². The first kappa shape index (κ1) is 16.5. The van der Waals surface area contributed by atoms with Gasteiger partial charge in [-0.05, 0) is 60.7 Å². The molecule has 5 nitrogen and oxygen atoms in total. The predicted molar refractivity (Wildman–Crippen MR) is 82.4 cm³/mol. The van der Waals surface area contributed by atoms with Crippen molar-refractivity contribution in [1.82, 2.24) is 0 Å². The molecule has 0 aromatic rings. The van der Waals surface area contributed by atoms with E-state index in [2.05, 4.69) is 18.6 Å². The molecule has 5 atom stereocenters. The molecule has 4 fully saturated rings. The zero-order valence-corrected chi connectivity index (χ0v) is 14.4. The number of hydrogen-bond acceptors (Lipinski definition) is 5. The van der Waals surface area contributed by atoms with Crippen molar-refractivity contribution >= 4 is 17.7 Å². The van der Waals surface area contributed by atoms with E-state index in [-0.39, 0.29) is 10.8 Å². The Hall–Kier alpha value is -1.39. The zero-order valence-electron chi connectivity index (χ0n) is 14.4. The van der Waals surface area contributed by atoms with Crippen molar-refractivity contribution in [3.05, 3.63) is 0 Å². The van der Waals surface area contributed by atoms with E-state index in [0.29, 0.717) is 5.92 Å². The van der Waals surface area contributed by atoms with Crippen molar-refractivity contribution in [3.63, 3.8) is 0 Å². The molecule has 5 heteroatoms. The fraction of sp³-hybridized carbons (Fsp3) is 0.833. The molecule has 0 saturated heterocycles. The van der Waals surface area contributed by atoms with E-state index in [0.717, 1.165) is 38.5 Å². The first-order valence-electron chi connectivity index (χ1n) is 8.36. The van der Waals surface area contributed by atoms with Crippen molar-refractivity contribution in [2.24, 2.45) is 28.1 Å². The highest BCUT2D eigenvalue weighted by Crippen LogP contribution is 2.71. The molecule has 0 aromatic carbocycles. The molecule has 0 aromatic heterocycles. The fourth-order valence-corrected chi connectivity index (χ4v) is 6.83. The first-order valence-corrected chi connectivity index (χ1v) is 8.36. The first-order chi connectivity index (χ1) is 10.7. The number of carbonyl (C=O) groups excluding carboxylic acids is 3. The van der Waals surface area contributed by atoms with Crippen LogP contribution in [0.15, 0.2) is 0 Å². The summed E-state index contributed by atoms with van der Waals surface area (Å²) in [4.78, 5) is 36.9. The molecular formula is C18H26O5. The summed E-state index contributed by atoms with van der Waals surface area (Å²) in [5.41, 5.74) is -0.158. The van der Waals surface area contributed by atoms with Crippen LogP contribution < -0.4 is 0 Å². The van der Waals surface area contributed by atoms with E-state index >= 15 is 0 Å². The summed E-state index contributed by atoms with van der Waals surface area (Å²) >= 11 is 0. The lowest BCUT2D eigenvalue weighted by Gasteiger charge is -2.66. The summed E-state index contributed by atoms with van der Waals surface area (Å²) in [6.45, 7) is 4.53. The second kappa shape index (κ2) is 5.05. The summed E-state index contributed by atoms with van der Waals surface area (Å²) in [7, 11) is 2.46. The zero-order chi connectivity index (χ0) is 17.0. The third-order valence-corrected chi connectivity index (χ3v) is 6.37. The van der Waals surface area contributed by atoms with E-state index < -0.39 is 29.1 Å². The molecule has 0 aliphatic heterocycles. The molecule has 3 unspecified atom stereocenters. The van der Waals surface area contributed by atoms with Gasteiger partial charge in [-0.15, -0.1) is 0 Å². The maximum atomic E-state index is 12.6. The lowest BCUT2D eigenvalue weighted by atomic mass is 9.38. The Morgan fingerprint density at radius 2 is 1.48 bits per heavy atom. The number of ether oxygens (including phenoxy) is 2. The third-order valence-electron chi connectivity index (χ3n) is 6.37. The number of rotatable bonds is 4. The molecule has 0 spiro atoms. The largest absolute Gasteiger partial charge is 0.468 e. The van der Waals surface area contributed by atoms with Gasteiger partial charge in [0, 0.05) is 0 Å². The van der Waals surface area contributed by atoms with Gasteiger partial charge in [-0.3, -0.25) is 9.59 Å². The van der Waals surface area contributed by atoms with Gasteiger partial charge in [0.15, 0.2) is 0 Å². The van der Waals surface area contributed by atoms with Crippen LogP contribution in [-0.2, 0) is 23.9 Å². The fourth-order valence-electron chi connectivity index (χ4n) is 6.83. The van der Waals surface area contributed by atoms with Gasteiger partial charge in [-0.1, -0.05) is 13.8 Å². The SMILES string of the molecule is COC(=O)C(=O)C(C(=O)OC)C12CC3C[C@@](C)(C1)C[C@](C)(C3)C2. The maximum Gasteiger partial charge on any atom is 0.375 e.